The summed E-state index contributed by atoms with van der Waals surface area (Å²) in [5.74, 6) is -0.664. The van der Waals surface area contributed by atoms with Crippen molar-refractivity contribution in [3.8, 4) is 17.0 Å². The average Bonchev–Trinajstić information content (AvgIpc) is 2.93. The second-order valence-corrected chi connectivity index (χ2v) is 8.09. The van der Waals surface area contributed by atoms with E-state index in [0.29, 0.717) is 42.7 Å². The second kappa shape index (κ2) is 9.59. The summed E-state index contributed by atoms with van der Waals surface area (Å²) in [5, 5.41) is 0. The number of alkyl halides is 6. The Morgan fingerprint density at radius 3 is 2.17 bits per heavy atom. The smallest absolute Gasteiger partial charge is 0.416 e. The molecular weight excluding hydrogens is 474 g/mol. The maximum Gasteiger partial charge on any atom is 0.416 e. The van der Waals surface area contributed by atoms with Gasteiger partial charge in [0.1, 0.15) is 0 Å². The quantitative estimate of drug-likeness (QED) is 0.377. The molecule has 0 radical (unpaired) electrons. The number of pyridine rings is 1. The molecule has 1 aliphatic rings. The zero-order valence-electron chi connectivity index (χ0n) is 18.3. The van der Waals surface area contributed by atoms with Crippen LogP contribution in [0.4, 0.5) is 26.3 Å². The van der Waals surface area contributed by atoms with Gasteiger partial charge in [-0.2, -0.15) is 26.3 Å². The molecular formula is C25H20F6N2O2. The molecule has 10 heteroatoms. The molecule has 0 aliphatic carbocycles. The molecule has 3 aromatic rings. The lowest BCUT2D eigenvalue weighted by Crippen LogP contribution is -2.32. The van der Waals surface area contributed by atoms with E-state index in [1.165, 1.54) is 4.90 Å². The fraction of sp³-hybridized carbons (Fsp3) is 0.280. The molecule has 0 bridgehead atoms. The molecule has 2 aromatic carbocycles. The predicted molar refractivity (Wildman–Crippen MR) is 116 cm³/mol. The van der Waals surface area contributed by atoms with Gasteiger partial charge in [0.15, 0.2) is 0 Å². The second-order valence-electron chi connectivity index (χ2n) is 8.09. The highest BCUT2D eigenvalue weighted by molar-refractivity contribution is 5.95. The molecule has 1 aromatic heterocycles. The third-order valence-corrected chi connectivity index (χ3v) is 5.63. The van der Waals surface area contributed by atoms with Crippen molar-refractivity contribution < 1.29 is 35.9 Å². The molecule has 0 atom stereocenters. The minimum Gasteiger partial charge on any atom is -0.477 e. The first-order valence-corrected chi connectivity index (χ1v) is 10.8. The Morgan fingerprint density at radius 1 is 0.886 bits per heavy atom. The normalized spacial score (nSPS) is 14.9. The highest BCUT2D eigenvalue weighted by atomic mass is 19.4. The van der Waals surface area contributed by atoms with E-state index in [2.05, 4.69) is 4.98 Å². The Labute approximate surface area is 197 Å². The number of ether oxygens (including phenoxy) is 1. The zero-order valence-corrected chi connectivity index (χ0v) is 18.3. The Hall–Kier alpha value is -3.56. The molecule has 0 saturated carbocycles. The van der Waals surface area contributed by atoms with E-state index < -0.39 is 35.0 Å². The first kappa shape index (κ1) is 24.6. The van der Waals surface area contributed by atoms with Crippen molar-refractivity contribution >= 4 is 5.91 Å². The van der Waals surface area contributed by atoms with Gasteiger partial charge >= 0.3 is 12.4 Å². The van der Waals surface area contributed by atoms with Gasteiger partial charge in [-0.15, -0.1) is 0 Å². The summed E-state index contributed by atoms with van der Waals surface area (Å²) < 4.78 is 85.8. The molecule has 184 valence electrons. The standard InChI is InChI=1S/C25H20F6N2O2/c26-24(27,28)18-12-17(13-19(14-18)25(29,30)31)23(34)33-10-4-5-11-35-22-21(15-33)20(8-9-32-22)16-6-2-1-3-7-16/h1-3,6-9,12-14H,4-5,10-11,15H2. The molecule has 35 heavy (non-hydrogen) atoms. The largest absolute Gasteiger partial charge is 0.477 e. The number of rotatable bonds is 2. The highest BCUT2D eigenvalue weighted by Gasteiger charge is 2.38. The van der Waals surface area contributed by atoms with Crippen LogP contribution in [0.15, 0.2) is 60.8 Å². The molecule has 0 N–H and O–H groups in total. The van der Waals surface area contributed by atoms with Crippen LogP contribution in [0.5, 0.6) is 5.88 Å². The molecule has 0 fully saturated rings. The van der Waals surface area contributed by atoms with Crippen LogP contribution in [0, 0.1) is 0 Å². The van der Waals surface area contributed by atoms with Gasteiger partial charge in [0.25, 0.3) is 5.91 Å². The van der Waals surface area contributed by atoms with E-state index >= 15 is 0 Å². The molecule has 1 aliphatic heterocycles. The van der Waals surface area contributed by atoms with Gasteiger partial charge in [0.2, 0.25) is 5.88 Å². The summed E-state index contributed by atoms with van der Waals surface area (Å²) >= 11 is 0. The fourth-order valence-corrected chi connectivity index (χ4v) is 3.92. The summed E-state index contributed by atoms with van der Waals surface area (Å²) in [6.45, 7) is 0.342. The minimum absolute atomic E-state index is 0.00978. The van der Waals surface area contributed by atoms with Crippen molar-refractivity contribution in [3.63, 3.8) is 0 Å². The van der Waals surface area contributed by atoms with Crippen LogP contribution in [-0.4, -0.2) is 28.9 Å². The van der Waals surface area contributed by atoms with Crippen LogP contribution in [0.2, 0.25) is 0 Å². The Kier molecular flexibility index (Phi) is 6.73. The molecule has 4 rings (SSSR count). The zero-order chi connectivity index (χ0) is 25.2. The molecule has 4 nitrogen and oxygen atoms in total. The number of benzene rings is 2. The number of fused-ring (bicyclic) bond motifs is 1. The summed E-state index contributed by atoms with van der Waals surface area (Å²) in [7, 11) is 0. The van der Waals surface area contributed by atoms with Crippen molar-refractivity contribution in [3.05, 3.63) is 83.0 Å². The number of hydrogen-bond donors (Lipinski definition) is 0. The first-order chi connectivity index (χ1) is 16.5. The first-order valence-electron chi connectivity index (χ1n) is 10.8. The average molecular weight is 494 g/mol. The van der Waals surface area contributed by atoms with Gasteiger partial charge < -0.3 is 9.64 Å². The minimum atomic E-state index is -5.05. The van der Waals surface area contributed by atoms with Crippen molar-refractivity contribution in [2.45, 2.75) is 31.7 Å². The summed E-state index contributed by atoms with van der Waals surface area (Å²) in [6, 6.07) is 11.8. The Morgan fingerprint density at radius 2 is 1.54 bits per heavy atom. The Balaban J connectivity index is 1.78. The lowest BCUT2D eigenvalue weighted by atomic mass is 10.00. The third-order valence-electron chi connectivity index (χ3n) is 5.63. The number of amides is 1. The summed E-state index contributed by atoms with van der Waals surface area (Å²) in [4.78, 5) is 18.8. The van der Waals surface area contributed by atoms with Gasteiger partial charge in [-0.05, 0) is 48.2 Å². The predicted octanol–water partition coefficient (Wildman–Crippen LogP) is 6.60. The van der Waals surface area contributed by atoms with Crippen LogP contribution in [0.25, 0.3) is 11.1 Å². The van der Waals surface area contributed by atoms with Crippen molar-refractivity contribution in [2.75, 3.05) is 13.2 Å². The van der Waals surface area contributed by atoms with Crippen molar-refractivity contribution in [2.24, 2.45) is 0 Å². The molecule has 1 amide bonds. The topological polar surface area (TPSA) is 42.4 Å². The number of nitrogens with zero attached hydrogens (tertiary/aromatic N) is 2. The van der Waals surface area contributed by atoms with E-state index in [9.17, 15) is 31.1 Å². The van der Waals surface area contributed by atoms with Crippen molar-refractivity contribution in [1.29, 1.82) is 0 Å². The molecule has 0 spiro atoms. The van der Waals surface area contributed by atoms with Crippen LogP contribution in [0.3, 0.4) is 0 Å². The van der Waals surface area contributed by atoms with Crippen LogP contribution in [-0.2, 0) is 18.9 Å². The maximum atomic E-state index is 13.3. The van der Waals surface area contributed by atoms with E-state index in [1.807, 2.05) is 30.3 Å². The molecule has 0 saturated heterocycles. The third kappa shape index (κ3) is 5.58. The lowest BCUT2D eigenvalue weighted by Gasteiger charge is -2.25. The van der Waals surface area contributed by atoms with Crippen molar-refractivity contribution in [1.82, 2.24) is 9.88 Å². The van der Waals surface area contributed by atoms with E-state index in [0.717, 1.165) is 5.56 Å². The fourth-order valence-electron chi connectivity index (χ4n) is 3.92. The number of carbonyl (C=O) groups is 1. The summed E-state index contributed by atoms with van der Waals surface area (Å²) in [5.41, 5.74) is -1.71. The van der Waals surface area contributed by atoms with Gasteiger partial charge in [-0.1, -0.05) is 30.3 Å². The monoisotopic (exact) mass is 494 g/mol. The number of halogens is 6. The van der Waals surface area contributed by atoms with Gasteiger partial charge in [0, 0.05) is 23.9 Å². The van der Waals surface area contributed by atoms with Crippen LogP contribution in [0.1, 0.15) is 39.9 Å². The van der Waals surface area contributed by atoms with Gasteiger partial charge in [-0.3, -0.25) is 4.79 Å². The number of aromatic nitrogens is 1. The highest BCUT2D eigenvalue weighted by Crippen LogP contribution is 2.37. The van der Waals surface area contributed by atoms with Gasteiger partial charge in [0.05, 0.1) is 24.3 Å². The number of carbonyl (C=O) groups excluding carboxylic acids is 1. The number of hydrogen-bond acceptors (Lipinski definition) is 3. The Bertz CT molecular complexity index is 1180. The molecule has 2 heterocycles. The van der Waals surface area contributed by atoms with E-state index in [1.54, 1.807) is 12.3 Å². The van der Waals surface area contributed by atoms with E-state index in [-0.39, 0.29) is 25.0 Å². The van der Waals surface area contributed by atoms with Gasteiger partial charge in [-0.25, -0.2) is 4.98 Å². The SMILES string of the molecule is O=C(c1cc(C(F)(F)F)cc(C(F)(F)F)c1)N1CCCCOc2nccc(-c3ccccc3)c2C1. The van der Waals surface area contributed by atoms with E-state index in [4.69, 9.17) is 4.74 Å². The lowest BCUT2D eigenvalue weighted by molar-refractivity contribution is -0.143. The molecule has 0 unspecified atom stereocenters. The van der Waals surface area contributed by atoms with Crippen LogP contribution >= 0.6 is 0 Å². The maximum absolute atomic E-state index is 13.3. The van der Waals surface area contributed by atoms with Crippen LogP contribution < -0.4 is 4.74 Å². The summed E-state index contributed by atoms with van der Waals surface area (Å²) in [6.07, 6.45) is -7.57.